The van der Waals surface area contributed by atoms with E-state index in [1.165, 1.54) is 7.11 Å². The van der Waals surface area contributed by atoms with Crippen LogP contribution in [0, 0.1) is 0 Å². The van der Waals surface area contributed by atoms with Gasteiger partial charge >= 0.3 is 11.9 Å². The minimum atomic E-state index is -0.847. The van der Waals surface area contributed by atoms with Crippen LogP contribution in [0.1, 0.15) is 33.1 Å². The maximum Gasteiger partial charge on any atom is 0.397 e. The molecule has 0 aromatic heterocycles. The second-order valence-corrected chi connectivity index (χ2v) is 3.97. The number of piperidine rings is 1. The summed E-state index contributed by atoms with van der Waals surface area (Å²) in [4.78, 5) is 22.2. The fourth-order valence-electron chi connectivity index (χ4n) is 1.90. The highest BCUT2D eigenvalue weighted by atomic mass is 16.5. The molecule has 2 unspecified atom stereocenters. The first-order valence-corrected chi connectivity index (χ1v) is 5.23. The normalized spacial score (nSPS) is 27.1. The third-order valence-electron chi connectivity index (χ3n) is 2.79. The summed E-state index contributed by atoms with van der Waals surface area (Å²) >= 11 is 0. The van der Waals surface area contributed by atoms with E-state index in [1.807, 2.05) is 18.9 Å². The van der Waals surface area contributed by atoms with Crippen molar-refractivity contribution in [3.63, 3.8) is 0 Å². The maximum atomic E-state index is 11.3. The van der Waals surface area contributed by atoms with Crippen molar-refractivity contribution in [2.75, 3.05) is 7.11 Å². The van der Waals surface area contributed by atoms with E-state index in [4.69, 9.17) is 0 Å². The van der Waals surface area contributed by atoms with Gasteiger partial charge in [-0.05, 0) is 26.7 Å². The topological polar surface area (TPSA) is 58.6 Å². The van der Waals surface area contributed by atoms with E-state index in [0.29, 0.717) is 0 Å². The monoisotopic (exact) mass is 214 g/mol. The number of esters is 1. The Labute approximate surface area is 89.7 Å². The highest BCUT2D eigenvalue weighted by Gasteiger charge is 2.28. The second kappa shape index (κ2) is 5.11. The van der Waals surface area contributed by atoms with E-state index in [2.05, 4.69) is 10.2 Å². The summed E-state index contributed by atoms with van der Waals surface area (Å²) in [7, 11) is 1.20. The van der Waals surface area contributed by atoms with Gasteiger partial charge in [0.15, 0.2) is 0 Å². The average Bonchev–Trinajstić information content (AvgIpc) is 2.22. The predicted octanol–water partition coefficient (Wildman–Crippen LogP) is 0.453. The molecular weight excluding hydrogens is 196 g/mol. The van der Waals surface area contributed by atoms with Crippen LogP contribution in [0.4, 0.5) is 0 Å². The lowest BCUT2D eigenvalue weighted by Crippen LogP contribution is -2.55. The lowest BCUT2D eigenvalue weighted by atomic mass is 10.00. The number of carbonyl (C=O) groups excluding carboxylic acids is 2. The fraction of sp³-hybridized carbons (Fsp3) is 0.800. The van der Waals surface area contributed by atoms with E-state index in [0.717, 1.165) is 19.3 Å². The van der Waals surface area contributed by atoms with Crippen LogP contribution in [-0.4, -0.2) is 36.1 Å². The van der Waals surface area contributed by atoms with Gasteiger partial charge in [0, 0.05) is 12.1 Å². The Morgan fingerprint density at radius 1 is 1.27 bits per heavy atom. The molecule has 1 amide bonds. The number of nitrogens with one attached hydrogen (secondary N) is 1. The Balaban J connectivity index is 2.55. The van der Waals surface area contributed by atoms with Crippen LogP contribution in [0.3, 0.4) is 0 Å². The van der Waals surface area contributed by atoms with Crippen LogP contribution in [-0.2, 0) is 14.3 Å². The van der Waals surface area contributed by atoms with E-state index in [1.54, 1.807) is 0 Å². The third kappa shape index (κ3) is 2.92. The molecule has 1 aliphatic heterocycles. The first-order chi connectivity index (χ1) is 7.06. The Morgan fingerprint density at radius 2 is 1.80 bits per heavy atom. The van der Waals surface area contributed by atoms with Crippen LogP contribution in [0.2, 0.25) is 0 Å². The third-order valence-corrected chi connectivity index (χ3v) is 2.79. The zero-order valence-corrected chi connectivity index (χ0v) is 9.45. The Morgan fingerprint density at radius 3 is 2.27 bits per heavy atom. The maximum absolute atomic E-state index is 11.3. The standard InChI is InChI=1S/C10H18N2O3/c1-7-5-4-6-8(2)12(7)11-9(13)10(14)15-3/h7-8H,4-6H2,1-3H3,(H,11,13). The van der Waals surface area contributed by atoms with Gasteiger partial charge in [0.2, 0.25) is 0 Å². The van der Waals surface area contributed by atoms with Crippen molar-refractivity contribution in [3.8, 4) is 0 Å². The average molecular weight is 214 g/mol. The molecule has 1 rings (SSSR count). The van der Waals surface area contributed by atoms with Gasteiger partial charge in [-0.2, -0.15) is 0 Å². The van der Waals surface area contributed by atoms with Gasteiger partial charge in [0.1, 0.15) is 0 Å². The van der Waals surface area contributed by atoms with Gasteiger partial charge in [-0.25, -0.2) is 9.80 Å². The molecule has 0 spiro atoms. The molecule has 0 saturated carbocycles. The summed E-state index contributed by atoms with van der Waals surface area (Å²) in [6, 6.07) is 0.532. The first-order valence-electron chi connectivity index (χ1n) is 5.23. The molecular formula is C10H18N2O3. The van der Waals surface area contributed by atoms with Gasteiger partial charge in [0.25, 0.3) is 0 Å². The minimum Gasteiger partial charge on any atom is -0.462 e. The molecule has 86 valence electrons. The fourth-order valence-corrected chi connectivity index (χ4v) is 1.90. The molecule has 15 heavy (non-hydrogen) atoms. The SMILES string of the molecule is COC(=O)C(=O)NN1C(C)CCCC1C. The zero-order chi connectivity index (χ0) is 11.4. The number of methoxy groups -OCH3 is 1. The van der Waals surface area contributed by atoms with Crippen molar-refractivity contribution in [1.29, 1.82) is 0 Å². The van der Waals surface area contributed by atoms with Crippen molar-refractivity contribution in [3.05, 3.63) is 0 Å². The number of carbonyl (C=O) groups is 2. The molecule has 0 aromatic rings. The number of amides is 1. The summed E-state index contributed by atoms with van der Waals surface area (Å²) in [5.41, 5.74) is 2.59. The summed E-state index contributed by atoms with van der Waals surface area (Å²) in [6.45, 7) is 4.07. The van der Waals surface area contributed by atoms with Crippen LogP contribution in [0.15, 0.2) is 0 Å². The van der Waals surface area contributed by atoms with E-state index in [9.17, 15) is 9.59 Å². The smallest absolute Gasteiger partial charge is 0.397 e. The van der Waals surface area contributed by atoms with Crippen LogP contribution in [0.25, 0.3) is 0 Å². The summed E-state index contributed by atoms with van der Waals surface area (Å²) in [6.07, 6.45) is 3.23. The van der Waals surface area contributed by atoms with Crippen molar-refractivity contribution < 1.29 is 14.3 Å². The van der Waals surface area contributed by atoms with E-state index >= 15 is 0 Å². The largest absolute Gasteiger partial charge is 0.462 e. The molecule has 0 aromatic carbocycles. The molecule has 2 atom stereocenters. The van der Waals surface area contributed by atoms with Crippen LogP contribution in [0.5, 0.6) is 0 Å². The Kier molecular flexibility index (Phi) is 4.08. The lowest BCUT2D eigenvalue weighted by molar-refractivity contribution is -0.156. The Hall–Kier alpha value is -1.10. The van der Waals surface area contributed by atoms with Crippen LogP contribution < -0.4 is 5.43 Å². The number of ether oxygens (including phenoxy) is 1. The molecule has 1 fully saturated rings. The number of rotatable bonds is 1. The van der Waals surface area contributed by atoms with Crippen molar-refractivity contribution >= 4 is 11.9 Å². The molecule has 0 radical (unpaired) electrons. The number of hydrogen-bond acceptors (Lipinski definition) is 4. The number of hydrogen-bond donors (Lipinski definition) is 1. The molecule has 1 aliphatic rings. The van der Waals surface area contributed by atoms with Crippen molar-refractivity contribution in [2.24, 2.45) is 0 Å². The summed E-state index contributed by atoms with van der Waals surface area (Å²) in [5.74, 6) is -1.54. The van der Waals surface area contributed by atoms with Gasteiger partial charge in [-0.3, -0.25) is 10.2 Å². The quantitative estimate of drug-likeness (QED) is 0.508. The lowest BCUT2D eigenvalue weighted by Gasteiger charge is -2.38. The van der Waals surface area contributed by atoms with E-state index < -0.39 is 11.9 Å². The number of hydrazine groups is 1. The molecule has 0 aliphatic carbocycles. The van der Waals surface area contributed by atoms with Gasteiger partial charge in [-0.15, -0.1) is 0 Å². The van der Waals surface area contributed by atoms with Gasteiger partial charge in [-0.1, -0.05) is 6.42 Å². The highest BCUT2D eigenvalue weighted by molar-refractivity contribution is 6.32. The minimum absolute atomic E-state index is 0.266. The summed E-state index contributed by atoms with van der Waals surface area (Å²) in [5, 5.41) is 1.84. The molecule has 5 nitrogen and oxygen atoms in total. The molecule has 1 saturated heterocycles. The van der Waals surface area contributed by atoms with Crippen molar-refractivity contribution in [1.82, 2.24) is 10.4 Å². The van der Waals surface area contributed by atoms with Crippen molar-refractivity contribution in [2.45, 2.75) is 45.2 Å². The molecule has 1 heterocycles. The second-order valence-electron chi connectivity index (χ2n) is 3.97. The summed E-state index contributed by atoms with van der Waals surface area (Å²) < 4.78 is 4.35. The van der Waals surface area contributed by atoms with Crippen LogP contribution >= 0.6 is 0 Å². The van der Waals surface area contributed by atoms with Gasteiger partial charge < -0.3 is 4.74 Å². The highest BCUT2D eigenvalue weighted by Crippen LogP contribution is 2.19. The Bertz CT molecular complexity index is 245. The zero-order valence-electron chi connectivity index (χ0n) is 9.45. The first kappa shape index (κ1) is 12.0. The molecule has 5 heteroatoms. The molecule has 1 N–H and O–H groups in total. The molecule has 0 bridgehead atoms. The van der Waals surface area contributed by atoms with Gasteiger partial charge in [0.05, 0.1) is 7.11 Å². The predicted molar refractivity (Wildman–Crippen MR) is 54.8 cm³/mol. The number of nitrogens with zero attached hydrogens (tertiary/aromatic N) is 1. The van der Waals surface area contributed by atoms with E-state index in [-0.39, 0.29) is 12.1 Å².